The first kappa shape index (κ1) is 19.9. The smallest absolute Gasteiger partial charge is 0.329 e. The molecule has 1 aromatic rings. The van der Waals surface area contributed by atoms with Crippen molar-refractivity contribution < 1.29 is 23.9 Å². The average Bonchev–Trinajstić information content (AvgIpc) is 3.35. The van der Waals surface area contributed by atoms with Gasteiger partial charge in [0.05, 0.1) is 22.5 Å². The molecule has 7 nitrogen and oxygen atoms in total. The number of halogens is 2. The largest absolute Gasteiger partial charge is 0.454 e. The van der Waals surface area contributed by atoms with Crippen LogP contribution in [-0.4, -0.2) is 41.2 Å². The van der Waals surface area contributed by atoms with Gasteiger partial charge in [0.1, 0.15) is 6.04 Å². The highest BCUT2D eigenvalue weighted by Crippen LogP contribution is 2.52. The van der Waals surface area contributed by atoms with Crippen molar-refractivity contribution in [2.24, 2.45) is 23.7 Å². The van der Waals surface area contributed by atoms with Gasteiger partial charge in [0.25, 0.3) is 5.91 Å². The lowest BCUT2D eigenvalue weighted by Gasteiger charge is -2.23. The van der Waals surface area contributed by atoms with Crippen molar-refractivity contribution in [3.05, 3.63) is 40.4 Å². The number of esters is 1. The molecule has 0 spiro atoms. The van der Waals surface area contributed by atoms with Crippen LogP contribution in [0.2, 0.25) is 10.0 Å². The van der Waals surface area contributed by atoms with Gasteiger partial charge in [-0.05, 0) is 43.4 Å². The molecule has 1 saturated heterocycles. The predicted octanol–water partition coefficient (Wildman–Crippen LogP) is 2.67. The van der Waals surface area contributed by atoms with Gasteiger partial charge in [-0.2, -0.15) is 0 Å². The van der Waals surface area contributed by atoms with Crippen LogP contribution < -0.4 is 5.32 Å². The van der Waals surface area contributed by atoms with Gasteiger partial charge < -0.3 is 10.1 Å². The lowest BCUT2D eigenvalue weighted by atomic mass is 9.85. The van der Waals surface area contributed by atoms with Crippen molar-refractivity contribution >= 4 is 52.6 Å². The Balaban J connectivity index is 1.35. The summed E-state index contributed by atoms with van der Waals surface area (Å²) in [5.74, 6) is -2.74. The molecule has 152 valence electrons. The summed E-state index contributed by atoms with van der Waals surface area (Å²) in [7, 11) is 0. The van der Waals surface area contributed by atoms with E-state index in [0.717, 1.165) is 11.3 Å². The topological polar surface area (TPSA) is 92.8 Å². The zero-order valence-corrected chi connectivity index (χ0v) is 16.9. The molecule has 0 unspecified atom stereocenters. The Morgan fingerprint density at radius 2 is 1.79 bits per heavy atom. The maximum atomic E-state index is 12.7. The van der Waals surface area contributed by atoms with E-state index in [2.05, 4.69) is 5.32 Å². The number of carbonyl (C=O) groups is 4. The van der Waals surface area contributed by atoms with Gasteiger partial charge in [0, 0.05) is 5.02 Å². The number of benzene rings is 1. The number of carbonyl (C=O) groups excluding carboxylic acids is 4. The molecule has 0 radical (unpaired) electrons. The van der Waals surface area contributed by atoms with Crippen LogP contribution in [0.25, 0.3) is 0 Å². The molecular formula is C20H18Cl2N2O5. The van der Waals surface area contributed by atoms with Crippen molar-refractivity contribution in [2.75, 3.05) is 11.9 Å². The molecule has 29 heavy (non-hydrogen) atoms. The quantitative estimate of drug-likeness (QED) is 0.435. The first-order valence-electron chi connectivity index (χ1n) is 9.24. The summed E-state index contributed by atoms with van der Waals surface area (Å²) in [4.78, 5) is 50.9. The fourth-order valence-corrected chi connectivity index (χ4v) is 4.90. The second kappa shape index (κ2) is 7.46. The second-order valence-electron chi connectivity index (χ2n) is 7.50. The molecule has 1 aromatic carbocycles. The lowest BCUT2D eigenvalue weighted by molar-refractivity contribution is -0.159. The summed E-state index contributed by atoms with van der Waals surface area (Å²) in [6.45, 7) is 0.862. The van der Waals surface area contributed by atoms with E-state index in [1.807, 2.05) is 12.2 Å². The number of hydrogen-bond donors (Lipinski definition) is 1. The summed E-state index contributed by atoms with van der Waals surface area (Å²) in [6.07, 6.45) is 4.78. The first-order valence-corrected chi connectivity index (χ1v) is 10.0. The zero-order valence-electron chi connectivity index (χ0n) is 15.4. The number of imide groups is 1. The highest BCUT2D eigenvalue weighted by molar-refractivity contribution is 6.36. The fraction of sp³-hybridized carbons (Fsp3) is 0.400. The summed E-state index contributed by atoms with van der Waals surface area (Å²) in [5.41, 5.74) is 0.325. The number of amides is 3. The van der Waals surface area contributed by atoms with Crippen LogP contribution in [0.3, 0.4) is 0 Å². The average molecular weight is 437 g/mol. The standard InChI is InChI=1S/C20H18Cl2N2O5/c1-9(24-18(26)16-10-2-3-11(6-10)17(16)19(24)27)20(28)29-8-15(25)23-14-5-4-12(21)7-13(14)22/h2-5,7,9-11,16-17H,6,8H2,1H3,(H,23,25)/t9-,10+,11+,16+,17+/m1/s1. The minimum atomic E-state index is -1.09. The third kappa shape index (κ3) is 3.42. The third-order valence-electron chi connectivity index (χ3n) is 5.78. The van der Waals surface area contributed by atoms with Crippen molar-refractivity contribution in [2.45, 2.75) is 19.4 Å². The molecule has 1 aliphatic heterocycles. The fourth-order valence-electron chi connectivity index (χ4n) is 4.45. The van der Waals surface area contributed by atoms with Crippen LogP contribution in [0.4, 0.5) is 5.69 Å². The van der Waals surface area contributed by atoms with E-state index in [4.69, 9.17) is 27.9 Å². The van der Waals surface area contributed by atoms with E-state index in [9.17, 15) is 19.2 Å². The van der Waals surface area contributed by atoms with Crippen LogP contribution in [0, 0.1) is 23.7 Å². The first-order chi connectivity index (χ1) is 13.8. The third-order valence-corrected chi connectivity index (χ3v) is 6.33. The summed E-state index contributed by atoms with van der Waals surface area (Å²) in [6, 6.07) is 3.46. The SMILES string of the molecule is C[C@H](C(=O)OCC(=O)Nc1ccc(Cl)cc1Cl)N1C(=O)[C@@H]2[C@@H](C1=O)[C@H]1C=C[C@H]2C1. The van der Waals surface area contributed by atoms with E-state index in [0.29, 0.717) is 10.7 Å². The van der Waals surface area contributed by atoms with Crippen molar-refractivity contribution in [1.82, 2.24) is 4.90 Å². The molecule has 5 atom stereocenters. The molecule has 1 saturated carbocycles. The van der Waals surface area contributed by atoms with Gasteiger partial charge in [-0.25, -0.2) is 4.79 Å². The summed E-state index contributed by atoms with van der Waals surface area (Å²) < 4.78 is 5.02. The van der Waals surface area contributed by atoms with Crippen molar-refractivity contribution in [3.63, 3.8) is 0 Å². The minimum Gasteiger partial charge on any atom is -0.454 e. The number of fused-ring (bicyclic) bond motifs is 5. The molecule has 3 aliphatic rings. The molecule has 0 aromatic heterocycles. The lowest BCUT2D eigenvalue weighted by Crippen LogP contribution is -2.45. The molecule has 4 rings (SSSR count). The number of anilines is 1. The molecule has 1 heterocycles. The Labute approximate surface area is 177 Å². The Kier molecular flexibility index (Phi) is 5.12. The summed E-state index contributed by atoms with van der Waals surface area (Å²) >= 11 is 11.8. The maximum absolute atomic E-state index is 12.7. The van der Waals surface area contributed by atoms with Gasteiger partial charge in [0.2, 0.25) is 11.8 Å². The van der Waals surface area contributed by atoms with Crippen molar-refractivity contribution in [1.29, 1.82) is 0 Å². The van der Waals surface area contributed by atoms with E-state index in [-0.39, 0.29) is 40.5 Å². The normalized spacial score (nSPS) is 27.9. The van der Waals surface area contributed by atoms with Crippen LogP contribution in [0.1, 0.15) is 13.3 Å². The van der Waals surface area contributed by atoms with Gasteiger partial charge in [-0.3, -0.25) is 19.3 Å². The van der Waals surface area contributed by atoms with Crippen LogP contribution in [0.15, 0.2) is 30.4 Å². The number of nitrogens with zero attached hydrogens (tertiary/aromatic N) is 1. The number of ether oxygens (including phenoxy) is 1. The Morgan fingerprint density at radius 1 is 1.17 bits per heavy atom. The molecular weight excluding hydrogens is 419 g/mol. The van der Waals surface area contributed by atoms with Gasteiger partial charge in [-0.1, -0.05) is 35.4 Å². The van der Waals surface area contributed by atoms with Crippen LogP contribution in [0.5, 0.6) is 0 Å². The Morgan fingerprint density at radius 3 is 2.38 bits per heavy atom. The number of hydrogen-bond acceptors (Lipinski definition) is 5. The van der Waals surface area contributed by atoms with Crippen LogP contribution in [-0.2, 0) is 23.9 Å². The number of nitrogens with one attached hydrogen (secondary N) is 1. The highest BCUT2D eigenvalue weighted by atomic mass is 35.5. The zero-order chi connectivity index (χ0) is 20.9. The molecule has 1 N–H and O–H groups in total. The number of rotatable bonds is 5. The monoisotopic (exact) mass is 436 g/mol. The number of likely N-dealkylation sites (tertiary alicyclic amines) is 1. The summed E-state index contributed by atoms with van der Waals surface area (Å²) in [5, 5.41) is 3.17. The second-order valence-corrected chi connectivity index (χ2v) is 8.35. The van der Waals surface area contributed by atoms with E-state index < -0.39 is 24.5 Å². The van der Waals surface area contributed by atoms with Gasteiger partial charge in [0.15, 0.2) is 6.61 Å². The molecule has 2 aliphatic carbocycles. The maximum Gasteiger partial charge on any atom is 0.329 e. The van der Waals surface area contributed by atoms with Gasteiger partial charge >= 0.3 is 5.97 Å². The molecule has 3 amide bonds. The Bertz CT molecular complexity index is 917. The Hall–Kier alpha value is -2.38. The van der Waals surface area contributed by atoms with E-state index >= 15 is 0 Å². The van der Waals surface area contributed by atoms with E-state index in [1.165, 1.54) is 19.1 Å². The van der Waals surface area contributed by atoms with E-state index in [1.54, 1.807) is 6.07 Å². The number of allylic oxidation sites excluding steroid dienone is 2. The van der Waals surface area contributed by atoms with Crippen LogP contribution >= 0.6 is 23.2 Å². The highest BCUT2D eigenvalue weighted by Gasteiger charge is 2.60. The predicted molar refractivity (Wildman–Crippen MR) is 105 cm³/mol. The van der Waals surface area contributed by atoms with Crippen molar-refractivity contribution in [3.8, 4) is 0 Å². The molecule has 9 heteroatoms. The van der Waals surface area contributed by atoms with Gasteiger partial charge in [-0.15, -0.1) is 0 Å². The minimum absolute atomic E-state index is 0.0598. The molecule has 2 fully saturated rings. The molecule has 2 bridgehead atoms.